The van der Waals surface area contributed by atoms with Gasteiger partial charge >= 0.3 is 11.3 Å². The van der Waals surface area contributed by atoms with Crippen LogP contribution in [0.5, 0.6) is 11.5 Å². The maximum Gasteiger partial charge on any atom is 0.344 e. The number of rotatable bonds is 4. The topological polar surface area (TPSA) is 82.1 Å². The van der Waals surface area contributed by atoms with E-state index in [4.69, 9.17) is 18.3 Å². The van der Waals surface area contributed by atoms with Crippen LogP contribution in [0.15, 0.2) is 60.9 Å². The summed E-state index contributed by atoms with van der Waals surface area (Å²) in [5.74, 6) is 1.23. The van der Waals surface area contributed by atoms with Gasteiger partial charge in [0.25, 0.3) is 0 Å². The van der Waals surface area contributed by atoms with Crippen molar-refractivity contribution in [1.82, 2.24) is 4.90 Å². The summed E-state index contributed by atoms with van der Waals surface area (Å²) in [6.07, 6.45) is 6.04. The Morgan fingerprint density at radius 3 is 2.66 bits per heavy atom. The molecule has 1 aliphatic carbocycles. The zero-order valence-electron chi connectivity index (χ0n) is 19.7. The number of hydrogen-bond donors (Lipinski definition) is 0. The molecular formula is C28H27NO6. The van der Waals surface area contributed by atoms with Crippen LogP contribution in [0, 0.1) is 0 Å². The molecule has 6 rings (SSSR count). The number of benzene rings is 2. The van der Waals surface area contributed by atoms with Crippen LogP contribution in [0.1, 0.15) is 44.6 Å². The van der Waals surface area contributed by atoms with Crippen molar-refractivity contribution in [3.63, 3.8) is 0 Å². The van der Waals surface area contributed by atoms with Gasteiger partial charge in [-0.2, -0.15) is 0 Å². The van der Waals surface area contributed by atoms with Gasteiger partial charge in [0.15, 0.2) is 11.3 Å². The predicted molar refractivity (Wildman–Crippen MR) is 133 cm³/mol. The standard InChI is InChI=1S/C28H27NO6/c1-2-32-24-10-6-7-17-13-21(28(31)35-26(17)24)20-14-25(30)34-27-19(20)11-12-23-22(27)15-29(16-33-23)18-8-4-3-5-9-18/h6-7,10-14,18H,2-5,8-9,15-16H2,1H3. The summed E-state index contributed by atoms with van der Waals surface area (Å²) >= 11 is 0. The van der Waals surface area contributed by atoms with Crippen LogP contribution in [0.25, 0.3) is 33.1 Å². The van der Waals surface area contributed by atoms with Crippen LogP contribution in [-0.4, -0.2) is 24.3 Å². The minimum absolute atomic E-state index is 0.310. The molecule has 0 bridgehead atoms. The average Bonchev–Trinajstić information content (AvgIpc) is 2.88. The molecule has 0 unspecified atom stereocenters. The van der Waals surface area contributed by atoms with Crippen LogP contribution in [0.2, 0.25) is 0 Å². The molecule has 3 heterocycles. The molecule has 1 aliphatic heterocycles. The molecule has 1 fully saturated rings. The fraction of sp³-hybridized carbons (Fsp3) is 0.357. The van der Waals surface area contributed by atoms with E-state index >= 15 is 0 Å². The number of nitrogens with zero attached hydrogens (tertiary/aromatic N) is 1. The van der Waals surface area contributed by atoms with Gasteiger partial charge in [0.1, 0.15) is 18.1 Å². The van der Waals surface area contributed by atoms with E-state index < -0.39 is 11.3 Å². The van der Waals surface area contributed by atoms with E-state index in [-0.39, 0.29) is 0 Å². The van der Waals surface area contributed by atoms with Gasteiger partial charge in [0, 0.05) is 35.0 Å². The first-order valence-electron chi connectivity index (χ1n) is 12.3. The van der Waals surface area contributed by atoms with Crippen molar-refractivity contribution in [3.8, 4) is 22.6 Å². The molecule has 2 aromatic heterocycles. The lowest BCUT2D eigenvalue weighted by Gasteiger charge is -2.37. The molecule has 0 N–H and O–H groups in total. The largest absolute Gasteiger partial charge is 0.490 e. The maximum absolute atomic E-state index is 13.1. The van der Waals surface area contributed by atoms with Gasteiger partial charge in [-0.05, 0) is 44.0 Å². The fourth-order valence-corrected chi connectivity index (χ4v) is 5.43. The molecule has 0 spiro atoms. The maximum atomic E-state index is 13.1. The van der Waals surface area contributed by atoms with Gasteiger partial charge in [-0.25, -0.2) is 9.59 Å². The van der Waals surface area contributed by atoms with Crippen molar-refractivity contribution >= 4 is 21.9 Å². The minimum atomic E-state index is -0.533. The van der Waals surface area contributed by atoms with Crippen LogP contribution in [0.3, 0.4) is 0 Å². The first-order valence-corrected chi connectivity index (χ1v) is 12.3. The Balaban J connectivity index is 1.49. The van der Waals surface area contributed by atoms with E-state index in [1.165, 1.54) is 25.3 Å². The molecule has 7 nitrogen and oxygen atoms in total. The third kappa shape index (κ3) is 3.90. The van der Waals surface area contributed by atoms with Crippen LogP contribution in [0.4, 0.5) is 0 Å². The van der Waals surface area contributed by atoms with Crippen molar-refractivity contribution in [2.75, 3.05) is 13.3 Å². The number of hydrogen-bond acceptors (Lipinski definition) is 7. The van der Waals surface area contributed by atoms with E-state index in [1.54, 1.807) is 12.1 Å². The molecular weight excluding hydrogens is 446 g/mol. The molecule has 1 saturated carbocycles. The Labute approximate surface area is 201 Å². The average molecular weight is 474 g/mol. The van der Waals surface area contributed by atoms with Crippen LogP contribution >= 0.6 is 0 Å². The van der Waals surface area contributed by atoms with Crippen LogP contribution < -0.4 is 20.7 Å². The molecule has 2 aliphatic rings. The first kappa shape index (κ1) is 21.9. The highest BCUT2D eigenvalue weighted by Gasteiger charge is 2.28. The summed E-state index contributed by atoms with van der Waals surface area (Å²) in [7, 11) is 0. The second kappa shape index (κ2) is 8.89. The second-order valence-corrected chi connectivity index (χ2v) is 9.27. The van der Waals surface area contributed by atoms with Crippen LogP contribution in [-0.2, 0) is 6.54 Å². The van der Waals surface area contributed by atoms with E-state index in [9.17, 15) is 9.59 Å². The molecule has 0 atom stereocenters. The lowest BCUT2D eigenvalue weighted by Crippen LogP contribution is -2.41. The lowest BCUT2D eigenvalue weighted by molar-refractivity contribution is 0.0406. The molecule has 4 aromatic rings. The smallest absolute Gasteiger partial charge is 0.344 e. The molecule has 35 heavy (non-hydrogen) atoms. The summed E-state index contributed by atoms with van der Waals surface area (Å²) in [4.78, 5) is 28.1. The van der Waals surface area contributed by atoms with Crippen molar-refractivity contribution < 1.29 is 18.3 Å². The zero-order valence-corrected chi connectivity index (χ0v) is 19.7. The number of para-hydroxylation sites is 1. The zero-order chi connectivity index (χ0) is 23.9. The summed E-state index contributed by atoms with van der Waals surface area (Å²) in [5, 5.41) is 1.40. The Hall–Kier alpha value is -3.58. The van der Waals surface area contributed by atoms with Gasteiger partial charge in [-0.15, -0.1) is 0 Å². The normalized spacial score (nSPS) is 16.8. The van der Waals surface area contributed by atoms with Crippen molar-refractivity contribution in [2.24, 2.45) is 0 Å². The molecule has 180 valence electrons. The summed E-state index contributed by atoms with van der Waals surface area (Å²) < 4.78 is 23.1. The minimum Gasteiger partial charge on any atom is -0.490 e. The monoisotopic (exact) mass is 473 g/mol. The summed E-state index contributed by atoms with van der Waals surface area (Å²) in [6, 6.07) is 12.8. The third-order valence-corrected chi connectivity index (χ3v) is 7.12. The van der Waals surface area contributed by atoms with Gasteiger partial charge in [0.05, 0.1) is 17.7 Å². The first-order chi connectivity index (χ1) is 17.1. The Kier molecular flexibility index (Phi) is 5.57. The highest BCUT2D eigenvalue weighted by atomic mass is 16.5. The van der Waals surface area contributed by atoms with Gasteiger partial charge in [0.2, 0.25) is 0 Å². The summed E-state index contributed by atoms with van der Waals surface area (Å²) in [5.41, 5.74) is 1.46. The van der Waals surface area contributed by atoms with E-state index in [0.29, 0.717) is 59.4 Å². The predicted octanol–water partition coefficient (Wildman–Crippen LogP) is 5.45. The Bertz CT molecular complexity index is 1530. The quantitative estimate of drug-likeness (QED) is 0.365. The van der Waals surface area contributed by atoms with Crippen molar-refractivity contribution in [2.45, 2.75) is 51.6 Å². The van der Waals surface area contributed by atoms with Gasteiger partial charge < -0.3 is 18.3 Å². The molecule has 7 heteroatoms. The van der Waals surface area contributed by atoms with Crippen molar-refractivity contribution in [3.05, 3.63) is 68.9 Å². The fourth-order valence-electron chi connectivity index (χ4n) is 5.43. The second-order valence-electron chi connectivity index (χ2n) is 9.27. The Morgan fingerprint density at radius 2 is 1.83 bits per heavy atom. The lowest BCUT2D eigenvalue weighted by atomic mass is 9.93. The van der Waals surface area contributed by atoms with E-state index in [2.05, 4.69) is 4.90 Å². The number of fused-ring (bicyclic) bond motifs is 4. The van der Waals surface area contributed by atoms with Crippen molar-refractivity contribution in [1.29, 1.82) is 0 Å². The molecule has 2 aromatic carbocycles. The molecule has 0 amide bonds. The van der Waals surface area contributed by atoms with Gasteiger partial charge in [-0.1, -0.05) is 31.4 Å². The SMILES string of the molecule is CCOc1cccc2cc(-c3cc(=O)oc4c5c(ccc34)OCN(C3CCCCC3)C5)c(=O)oc12. The highest BCUT2D eigenvalue weighted by Crippen LogP contribution is 2.38. The number of ether oxygens (including phenoxy) is 2. The summed E-state index contributed by atoms with van der Waals surface area (Å²) in [6.45, 7) is 3.51. The highest BCUT2D eigenvalue weighted by molar-refractivity contribution is 5.97. The molecule has 0 radical (unpaired) electrons. The molecule has 0 saturated heterocycles. The van der Waals surface area contributed by atoms with Gasteiger partial charge in [-0.3, -0.25) is 4.90 Å². The van der Waals surface area contributed by atoms with E-state index in [1.807, 2.05) is 31.2 Å². The van der Waals surface area contributed by atoms with E-state index in [0.717, 1.165) is 29.5 Å². The third-order valence-electron chi connectivity index (χ3n) is 7.12. The Morgan fingerprint density at radius 1 is 0.971 bits per heavy atom.